The Morgan fingerprint density at radius 2 is 0.966 bits per heavy atom. The third kappa shape index (κ3) is 40.0. The van der Waals surface area contributed by atoms with Crippen molar-refractivity contribution in [2.24, 2.45) is 0 Å². The standard InChI is InChI=1S/C51H87NO7/c1-6-8-10-12-14-16-18-20-22-24-26-27-29-31-33-35-37-39-41-49(53)58-46-47(45-57-44-43-48(51(55)56)52(3,4)5)59-50(54)42-40-38-36-34-32-30-28-25-23-21-19-17-15-13-11-9-7-2/h15,17,21-24,26-28,30,34,36,47-48H,6-14,16,18-20,25,29,31-33,35,37-46H2,1-5H3/b17-15+,23-21+,24-22+,27-26+,30-28+,36-34+. The normalized spacial score (nSPS) is 13.6. The number of carboxylic acids is 1. The number of ether oxygens (including phenoxy) is 3. The van der Waals surface area contributed by atoms with Gasteiger partial charge in [-0.05, 0) is 77.0 Å². The Bertz CT molecular complexity index is 1190. The third-order valence-corrected chi connectivity index (χ3v) is 10.1. The van der Waals surface area contributed by atoms with Crippen LogP contribution < -0.4 is 5.11 Å². The van der Waals surface area contributed by atoms with E-state index in [1.165, 1.54) is 70.6 Å². The van der Waals surface area contributed by atoms with Gasteiger partial charge in [-0.1, -0.05) is 157 Å². The van der Waals surface area contributed by atoms with Crippen molar-refractivity contribution in [3.05, 3.63) is 72.9 Å². The first kappa shape index (κ1) is 55.8. The number of nitrogens with zero attached hydrogens (tertiary/aromatic N) is 1. The van der Waals surface area contributed by atoms with E-state index < -0.39 is 18.1 Å². The lowest BCUT2D eigenvalue weighted by Crippen LogP contribution is -2.55. The summed E-state index contributed by atoms with van der Waals surface area (Å²) in [6.07, 6.45) is 52.2. The van der Waals surface area contributed by atoms with Gasteiger partial charge in [0.1, 0.15) is 12.6 Å². The number of unbranched alkanes of at least 4 members (excludes halogenated alkanes) is 16. The molecule has 0 bridgehead atoms. The Kier molecular flexibility index (Phi) is 39.2. The van der Waals surface area contributed by atoms with Crippen LogP contribution in [0.4, 0.5) is 0 Å². The number of hydrogen-bond acceptors (Lipinski definition) is 7. The van der Waals surface area contributed by atoms with E-state index in [2.05, 4.69) is 86.8 Å². The van der Waals surface area contributed by atoms with Crippen LogP contribution in [0.15, 0.2) is 72.9 Å². The average molecular weight is 826 g/mol. The zero-order valence-corrected chi connectivity index (χ0v) is 38.4. The van der Waals surface area contributed by atoms with Gasteiger partial charge in [-0.2, -0.15) is 0 Å². The van der Waals surface area contributed by atoms with Gasteiger partial charge in [0.15, 0.2) is 6.10 Å². The van der Waals surface area contributed by atoms with Gasteiger partial charge < -0.3 is 28.6 Å². The molecule has 0 aromatic rings. The van der Waals surface area contributed by atoms with Gasteiger partial charge >= 0.3 is 11.9 Å². The molecular weight excluding hydrogens is 739 g/mol. The van der Waals surface area contributed by atoms with Crippen molar-refractivity contribution in [3.63, 3.8) is 0 Å². The molecule has 0 spiro atoms. The molecule has 0 aliphatic rings. The van der Waals surface area contributed by atoms with Gasteiger partial charge in [0.25, 0.3) is 0 Å². The van der Waals surface area contributed by atoms with Gasteiger partial charge in [-0.3, -0.25) is 9.59 Å². The Morgan fingerprint density at radius 3 is 1.51 bits per heavy atom. The molecule has 8 nitrogen and oxygen atoms in total. The summed E-state index contributed by atoms with van der Waals surface area (Å²) in [7, 11) is 5.38. The van der Waals surface area contributed by atoms with Gasteiger partial charge in [0, 0.05) is 19.3 Å². The maximum absolute atomic E-state index is 12.7. The second-order valence-electron chi connectivity index (χ2n) is 16.7. The lowest BCUT2D eigenvalue weighted by molar-refractivity contribution is -0.889. The molecule has 0 aromatic carbocycles. The van der Waals surface area contributed by atoms with Gasteiger partial charge in [-0.15, -0.1) is 0 Å². The summed E-state index contributed by atoms with van der Waals surface area (Å²) in [6.45, 7) is 4.55. The first-order valence-electron chi connectivity index (χ1n) is 23.5. The van der Waals surface area contributed by atoms with Crippen LogP contribution in [0.2, 0.25) is 0 Å². The highest BCUT2D eigenvalue weighted by atomic mass is 16.6. The summed E-state index contributed by atoms with van der Waals surface area (Å²) in [4.78, 5) is 36.9. The molecule has 59 heavy (non-hydrogen) atoms. The molecule has 0 fully saturated rings. The molecule has 0 saturated carbocycles. The zero-order chi connectivity index (χ0) is 43.5. The summed E-state index contributed by atoms with van der Waals surface area (Å²) in [5.74, 6) is -1.83. The van der Waals surface area contributed by atoms with Crippen LogP contribution >= 0.6 is 0 Å². The fourth-order valence-corrected chi connectivity index (χ4v) is 6.41. The molecule has 0 radical (unpaired) electrons. The van der Waals surface area contributed by atoms with Crippen LogP contribution in [0.25, 0.3) is 0 Å². The number of likely N-dealkylation sites (N-methyl/N-ethyl adjacent to an activating group) is 1. The fourth-order valence-electron chi connectivity index (χ4n) is 6.41. The Morgan fingerprint density at radius 1 is 0.525 bits per heavy atom. The first-order valence-corrected chi connectivity index (χ1v) is 23.5. The van der Waals surface area contributed by atoms with Crippen molar-refractivity contribution in [2.45, 2.75) is 193 Å². The Labute approximate surface area is 361 Å². The summed E-state index contributed by atoms with van der Waals surface area (Å²) in [5, 5.41) is 11.6. The molecule has 0 N–H and O–H groups in total. The molecule has 0 amide bonds. The second-order valence-corrected chi connectivity index (χ2v) is 16.7. The van der Waals surface area contributed by atoms with Crippen molar-refractivity contribution in [2.75, 3.05) is 41.0 Å². The number of aliphatic carboxylic acids is 1. The molecule has 0 saturated heterocycles. The topological polar surface area (TPSA) is 102 Å². The maximum atomic E-state index is 12.7. The van der Waals surface area contributed by atoms with Gasteiger partial charge in [0.05, 0.1) is 40.3 Å². The van der Waals surface area contributed by atoms with E-state index in [9.17, 15) is 19.5 Å². The van der Waals surface area contributed by atoms with E-state index >= 15 is 0 Å². The molecular formula is C51H87NO7. The van der Waals surface area contributed by atoms with Gasteiger partial charge in [-0.25, -0.2) is 0 Å². The minimum Gasteiger partial charge on any atom is -0.544 e. The van der Waals surface area contributed by atoms with Crippen LogP contribution in [0.1, 0.15) is 181 Å². The number of carboxylic acid groups (broad SMARTS) is 1. The van der Waals surface area contributed by atoms with Crippen molar-refractivity contribution in [1.82, 2.24) is 0 Å². The first-order chi connectivity index (χ1) is 28.6. The molecule has 0 rings (SSSR count). The van der Waals surface area contributed by atoms with E-state index in [0.717, 1.165) is 70.6 Å². The highest BCUT2D eigenvalue weighted by Crippen LogP contribution is 2.12. The van der Waals surface area contributed by atoms with Crippen molar-refractivity contribution in [3.8, 4) is 0 Å². The minimum atomic E-state index is -1.14. The van der Waals surface area contributed by atoms with E-state index in [-0.39, 0.29) is 49.1 Å². The summed E-state index contributed by atoms with van der Waals surface area (Å²) in [6, 6.07) is -0.741. The summed E-state index contributed by atoms with van der Waals surface area (Å²) in [5.41, 5.74) is 0. The number of carbonyl (C=O) groups is 3. The van der Waals surface area contributed by atoms with Crippen LogP contribution in [0.5, 0.6) is 0 Å². The highest BCUT2D eigenvalue weighted by molar-refractivity contribution is 5.70. The van der Waals surface area contributed by atoms with E-state index in [0.29, 0.717) is 12.8 Å². The van der Waals surface area contributed by atoms with E-state index in [1.807, 2.05) is 0 Å². The Balaban J connectivity index is 4.44. The molecule has 0 aromatic heterocycles. The second kappa shape index (κ2) is 41.5. The SMILES string of the molecule is CCCCC/C=C/C/C=C/C/C=C/C/C=C/CCCC(=O)OC(COCCC(C(=O)[O-])[N+](C)(C)C)COC(=O)CCCCCCC/C=C/C=C/CCCCCCCCC. The van der Waals surface area contributed by atoms with Crippen LogP contribution in [0, 0.1) is 0 Å². The van der Waals surface area contributed by atoms with E-state index in [1.54, 1.807) is 21.1 Å². The smallest absolute Gasteiger partial charge is 0.306 e. The molecule has 8 heteroatoms. The monoisotopic (exact) mass is 826 g/mol. The van der Waals surface area contributed by atoms with Crippen molar-refractivity contribution < 1.29 is 38.2 Å². The third-order valence-electron chi connectivity index (χ3n) is 10.1. The van der Waals surface area contributed by atoms with Crippen molar-refractivity contribution in [1.29, 1.82) is 0 Å². The maximum Gasteiger partial charge on any atom is 0.306 e. The number of carbonyl (C=O) groups excluding carboxylic acids is 3. The van der Waals surface area contributed by atoms with Crippen molar-refractivity contribution >= 4 is 17.9 Å². The molecule has 2 unspecified atom stereocenters. The Hall–Kier alpha value is -3.23. The summed E-state index contributed by atoms with van der Waals surface area (Å²) >= 11 is 0. The minimum absolute atomic E-state index is 0.0105. The van der Waals surface area contributed by atoms with Crippen LogP contribution in [-0.2, 0) is 28.6 Å². The largest absolute Gasteiger partial charge is 0.544 e. The molecule has 0 heterocycles. The molecule has 0 aliphatic carbocycles. The number of rotatable bonds is 41. The number of allylic oxidation sites excluding steroid dienone is 12. The predicted molar refractivity (Wildman–Crippen MR) is 245 cm³/mol. The van der Waals surface area contributed by atoms with Crippen LogP contribution in [-0.4, -0.2) is 75.5 Å². The quantitative estimate of drug-likeness (QED) is 0.0199. The van der Waals surface area contributed by atoms with E-state index in [4.69, 9.17) is 14.2 Å². The highest BCUT2D eigenvalue weighted by Gasteiger charge is 2.25. The zero-order valence-electron chi connectivity index (χ0n) is 38.4. The average Bonchev–Trinajstić information content (AvgIpc) is 3.19. The van der Waals surface area contributed by atoms with Gasteiger partial charge in [0.2, 0.25) is 0 Å². The number of hydrogen-bond donors (Lipinski definition) is 0. The lowest BCUT2D eigenvalue weighted by Gasteiger charge is -2.34. The molecule has 0 aliphatic heterocycles. The predicted octanol–water partition coefficient (Wildman–Crippen LogP) is 11.8. The number of quaternary nitrogens is 1. The molecule has 338 valence electrons. The van der Waals surface area contributed by atoms with Crippen LogP contribution in [0.3, 0.4) is 0 Å². The molecule has 2 atom stereocenters. The lowest BCUT2D eigenvalue weighted by atomic mass is 10.1. The number of esters is 2. The summed E-state index contributed by atoms with van der Waals surface area (Å²) < 4.78 is 17.1. The fraction of sp³-hybridized carbons (Fsp3) is 0.706.